The number of ether oxygens (including phenoxy) is 2. The molecular formula is C26H27FN2O5S. The summed E-state index contributed by atoms with van der Waals surface area (Å²) >= 11 is 0. The standard InChI is InChI=1S/C26H27FN2O5S/c1-33-24-12-7-21(27)17-25(24)35(31,32)29-15-13-20(14-16-29)26(30)28-22-8-10-23(11-9-22)34-18-19-5-3-2-4-6-19/h2-12,17,20H,13-16,18H2,1H3,(H,28,30). The van der Waals surface area contributed by atoms with Gasteiger partial charge in [-0.05, 0) is 60.9 Å². The predicted octanol–water partition coefficient (Wildman–Crippen LogP) is 4.45. The molecule has 3 aromatic rings. The highest BCUT2D eigenvalue weighted by Crippen LogP contribution is 2.30. The maximum atomic E-state index is 13.7. The lowest BCUT2D eigenvalue weighted by Gasteiger charge is -2.30. The fourth-order valence-corrected chi connectivity index (χ4v) is 5.61. The Morgan fingerprint density at radius 2 is 1.71 bits per heavy atom. The number of halogens is 1. The van der Waals surface area contributed by atoms with Crippen LogP contribution in [0.5, 0.6) is 11.5 Å². The molecule has 0 bridgehead atoms. The Balaban J connectivity index is 1.31. The third kappa shape index (κ3) is 5.98. The summed E-state index contributed by atoms with van der Waals surface area (Å²) in [6.45, 7) is 0.772. The Bertz CT molecular complexity index is 1260. The first-order valence-corrected chi connectivity index (χ1v) is 12.7. The van der Waals surface area contributed by atoms with Gasteiger partial charge in [0.1, 0.15) is 28.8 Å². The predicted molar refractivity (Wildman–Crippen MR) is 130 cm³/mol. The highest BCUT2D eigenvalue weighted by atomic mass is 32.2. The van der Waals surface area contributed by atoms with E-state index in [4.69, 9.17) is 9.47 Å². The van der Waals surface area contributed by atoms with Gasteiger partial charge in [-0.2, -0.15) is 4.31 Å². The van der Waals surface area contributed by atoms with Crippen molar-refractivity contribution in [1.29, 1.82) is 0 Å². The second-order valence-electron chi connectivity index (χ2n) is 8.26. The third-order valence-corrected chi connectivity index (χ3v) is 7.86. The molecule has 0 unspecified atom stereocenters. The highest BCUT2D eigenvalue weighted by Gasteiger charge is 2.34. The Morgan fingerprint density at radius 3 is 2.37 bits per heavy atom. The Labute approximate surface area is 204 Å². The molecule has 1 heterocycles. The number of nitrogens with one attached hydrogen (secondary N) is 1. The fourth-order valence-electron chi connectivity index (χ4n) is 3.97. The summed E-state index contributed by atoms with van der Waals surface area (Å²) in [7, 11) is -2.60. The number of piperidine rings is 1. The molecule has 0 aliphatic carbocycles. The van der Waals surface area contributed by atoms with Gasteiger partial charge in [0.05, 0.1) is 7.11 Å². The van der Waals surface area contributed by atoms with Crippen LogP contribution in [0.1, 0.15) is 18.4 Å². The number of nitrogens with zero attached hydrogens (tertiary/aromatic N) is 1. The number of hydrogen-bond acceptors (Lipinski definition) is 5. The van der Waals surface area contributed by atoms with Crippen LogP contribution < -0.4 is 14.8 Å². The van der Waals surface area contributed by atoms with Crippen molar-refractivity contribution in [3.05, 3.63) is 84.2 Å². The summed E-state index contributed by atoms with van der Waals surface area (Å²) in [4.78, 5) is 12.5. The second kappa shape index (κ2) is 10.9. The largest absolute Gasteiger partial charge is 0.495 e. The first-order valence-electron chi connectivity index (χ1n) is 11.3. The smallest absolute Gasteiger partial charge is 0.246 e. The van der Waals surface area contributed by atoms with E-state index in [9.17, 15) is 17.6 Å². The van der Waals surface area contributed by atoms with Crippen LogP contribution in [0.15, 0.2) is 77.7 Å². The van der Waals surface area contributed by atoms with Gasteiger partial charge in [-0.15, -0.1) is 0 Å². The van der Waals surface area contributed by atoms with Crippen molar-refractivity contribution >= 4 is 21.6 Å². The summed E-state index contributed by atoms with van der Waals surface area (Å²) in [5.41, 5.74) is 1.70. The Hall–Kier alpha value is -3.43. The number of carbonyl (C=O) groups excluding carboxylic acids is 1. The molecule has 0 aromatic heterocycles. The SMILES string of the molecule is COc1ccc(F)cc1S(=O)(=O)N1CCC(C(=O)Nc2ccc(OCc3ccccc3)cc2)CC1. The quantitative estimate of drug-likeness (QED) is 0.496. The number of methoxy groups -OCH3 is 1. The molecule has 35 heavy (non-hydrogen) atoms. The summed E-state index contributed by atoms with van der Waals surface area (Å²) in [6, 6.07) is 20.4. The van der Waals surface area contributed by atoms with E-state index < -0.39 is 15.8 Å². The van der Waals surface area contributed by atoms with Gasteiger partial charge in [0.15, 0.2) is 0 Å². The van der Waals surface area contributed by atoms with Crippen LogP contribution in [0.2, 0.25) is 0 Å². The van der Waals surface area contributed by atoms with Crippen molar-refractivity contribution in [2.75, 3.05) is 25.5 Å². The first-order chi connectivity index (χ1) is 16.9. The molecule has 7 nitrogen and oxygen atoms in total. The van der Waals surface area contributed by atoms with Crippen LogP contribution in [0.4, 0.5) is 10.1 Å². The average molecular weight is 499 g/mol. The molecule has 184 valence electrons. The van der Waals surface area contributed by atoms with E-state index in [2.05, 4.69) is 5.32 Å². The maximum absolute atomic E-state index is 13.7. The normalized spacial score (nSPS) is 14.9. The number of sulfonamides is 1. The minimum Gasteiger partial charge on any atom is -0.495 e. The maximum Gasteiger partial charge on any atom is 0.246 e. The van der Waals surface area contributed by atoms with Crippen LogP contribution in [-0.2, 0) is 21.4 Å². The monoisotopic (exact) mass is 498 g/mol. The zero-order valence-corrected chi connectivity index (χ0v) is 20.1. The van der Waals surface area contributed by atoms with Crippen LogP contribution in [0.3, 0.4) is 0 Å². The van der Waals surface area contributed by atoms with E-state index >= 15 is 0 Å². The molecule has 1 saturated heterocycles. The summed E-state index contributed by atoms with van der Waals surface area (Å²) < 4.78 is 51.9. The van der Waals surface area contributed by atoms with E-state index in [1.54, 1.807) is 24.3 Å². The Morgan fingerprint density at radius 1 is 1.03 bits per heavy atom. The van der Waals surface area contributed by atoms with Crippen LogP contribution >= 0.6 is 0 Å². The van der Waals surface area contributed by atoms with E-state index in [1.165, 1.54) is 17.5 Å². The lowest BCUT2D eigenvalue weighted by atomic mass is 9.97. The molecule has 1 N–H and O–H groups in total. The summed E-state index contributed by atoms with van der Waals surface area (Å²) in [6.07, 6.45) is 0.724. The van der Waals surface area contributed by atoms with Crippen LogP contribution in [-0.4, -0.2) is 38.8 Å². The molecule has 0 saturated carbocycles. The van der Waals surface area contributed by atoms with Gasteiger partial charge in [0.2, 0.25) is 15.9 Å². The summed E-state index contributed by atoms with van der Waals surface area (Å²) in [5.74, 6) is -0.371. The van der Waals surface area contributed by atoms with Gasteiger partial charge in [0.25, 0.3) is 0 Å². The minimum absolute atomic E-state index is 0.0856. The molecule has 1 aliphatic heterocycles. The number of anilines is 1. The van der Waals surface area contributed by atoms with Crippen molar-refractivity contribution in [1.82, 2.24) is 4.31 Å². The molecule has 1 amide bonds. The van der Waals surface area contributed by atoms with Crippen LogP contribution in [0.25, 0.3) is 0 Å². The molecule has 9 heteroatoms. The van der Waals surface area contributed by atoms with Crippen molar-refractivity contribution < 1.29 is 27.1 Å². The van der Waals surface area contributed by atoms with E-state index in [-0.39, 0.29) is 35.6 Å². The molecule has 0 atom stereocenters. The number of carbonyl (C=O) groups is 1. The minimum atomic E-state index is -3.94. The highest BCUT2D eigenvalue weighted by molar-refractivity contribution is 7.89. The first kappa shape index (κ1) is 24.7. The van der Waals surface area contributed by atoms with E-state index in [1.807, 2.05) is 30.3 Å². The Kier molecular flexibility index (Phi) is 7.67. The van der Waals surface area contributed by atoms with Gasteiger partial charge in [0, 0.05) is 24.7 Å². The molecule has 3 aromatic carbocycles. The third-order valence-electron chi connectivity index (χ3n) is 5.94. The molecule has 0 radical (unpaired) electrons. The molecule has 4 rings (SSSR count). The van der Waals surface area contributed by atoms with Gasteiger partial charge < -0.3 is 14.8 Å². The topological polar surface area (TPSA) is 84.9 Å². The second-order valence-corrected chi connectivity index (χ2v) is 10.2. The van der Waals surface area contributed by atoms with Crippen molar-refractivity contribution in [2.45, 2.75) is 24.3 Å². The van der Waals surface area contributed by atoms with Crippen LogP contribution in [0, 0.1) is 11.7 Å². The molecular weight excluding hydrogens is 471 g/mol. The zero-order valence-electron chi connectivity index (χ0n) is 19.3. The average Bonchev–Trinajstić information content (AvgIpc) is 2.89. The zero-order chi connectivity index (χ0) is 24.8. The lowest BCUT2D eigenvalue weighted by Crippen LogP contribution is -2.41. The fraction of sp³-hybridized carbons (Fsp3) is 0.269. The number of hydrogen-bond donors (Lipinski definition) is 1. The van der Waals surface area contributed by atoms with E-state index in [0.29, 0.717) is 30.9 Å². The van der Waals surface area contributed by atoms with E-state index in [0.717, 1.165) is 17.7 Å². The molecule has 1 fully saturated rings. The molecule has 1 aliphatic rings. The van der Waals surface area contributed by atoms with Crippen molar-refractivity contribution in [3.63, 3.8) is 0 Å². The van der Waals surface area contributed by atoms with Crippen molar-refractivity contribution in [3.8, 4) is 11.5 Å². The lowest BCUT2D eigenvalue weighted by molar-refractivity contribution is -0.120. The summed E-state index contributed by atoms with van der Waals surface area (Å²) in [5, 5.41) is 2.89. The molecule has 0 spiro atoms. The number of benzene rings is 3. The number of rotatable bonds is 8. The van der Waals surface area contributed by atoms with Gasteiger partial charge in [-0.3, -0.25) is 4.79 Å². The van der Waals surface area contributed by atoms with Gasteiger partial charge in [-0.1, -0.05) is 30.3 Å². The van der Waals surface area contributed by atoms with Gasteiger partial charge >= 0.3 is 0 Å². The van der Waals surface area contributed by atoms with Crippen molar-refractivity contribution in [2.24, 2.45) is 5.92 Å². The van der Waals surface area contributed by atoms with Gasteiger partial charge in [-0.25, -0.2) is 12.8 Å². The number of amides is 1.